The summed E-state index contributed by atoms with van der Waals surface area (Å²) in [5.41, 5.74) is 1.40. The number of nitrogens with zero attached hydrogens (tertiary/aromatic N) is 3. The number of carbonyl (C=O) groups excluding carboxylic acids is 1. The van der Waals surface area contributed by atoms with Gasteiger partial charge in [-0.15, -0.1) is 10.2 Å². The van der Waals surface area contributed by atoms with Crippen molar-refractivity contribution in [2.45, 2.75) is 51.2 Å². The predicted octanol–water partition coefficient (Wildman–Crippen LogP) is 3.44. The molecule has 0 aliphatic carbocycles. The second kappa shape index (κ2) is 9.07. The summed E-state index contributed by atoms with van der Waals surface area (Å²) in [6, 6.07) is 8.37. The van der Waals surface area contributed by atoms with Crippen LogP contribution in [0.25, 0.3) is 0 Å². The highest BCUT2D eigenvalue weighted by molar-refractivity contribution is 7.99. The Kier molecular flexibility index (Phi) is 7.08. The van der Waals surface area contributed by atoms with Gasteiger partial charge in [0.05, 0.1) is 12.3 Å². The Morgan fingerprint density at radius 1 is 1.27 bits per heavy atom. The molecule has 1 aromatic heterocycles. The Labute approximate surface area is 159 Å². The number of benzene rings is 1. The molecule has 0 radical (unpaired) electrons. The van der Waals surface area contributed by atoms with Gasteiger partial charge in [-0.2, -0.15) is 0 Å². The van der Waals surface area contributed by atoms with Crippen LogP contribution in [0.5, 0.6) is 5.75 Å². The molecule has 0 saturated carbocycles. The highest BCUT2D eigenvalue weighted by Crippen LogP contribution is 2.24. The second-order valence-corrected chi connectivity index (χ2v) is 8.32. The summed E-state index contributed by atoms with van der Waals surface area (Å²) in [5, 5.41) is 11.5. The van der Waals surface area contributed by atoms with Gasteiger partial charge in [0, 0.05) is 6.04 Å². The smallest absolute Gasteiger partial charge is 0.230 e. The number of hydrogen-bond acceptors (Lipinski definition) is 5. The first kappa shape index (κ1) is 20.3. The van der Waals surface area contributed by atoms with Gasteiger partial charge >= 0.3 is 0 Å². The first-order chi connectivity index (χ1) is 12.3. The largest absolute Gasteiger partial charge is 0.492 e. The minimum Gasteiger partial charge on any atom is -0.492 e. The molecule has 0 bridgehead atoms. The monoisotopic (exact) mass is 376 g/mol. The Bertz CT molecular complexity index is 705. The van der Waals surface area contributed by atoms with Crippen LogP contribution in [0.15, 0.2) is 35.7 Å². The lowest BCUT2D eigenvalue weighted by Crippen LogP contribution is -2.29. The number of aromatic nitrogens is 3. The van der Waals surface area contributed by atoms with Gasteiger partial charge < -0.3 is 14.6 Å². The van der Waals surface area contributed by atoms with Gasteiger partial charge in [-0.05, 0) is 37.0 Å². The summed E-state index contributed by atoms with van der Waals surface area (Å²) in [7, 11) is 0. The maximum atomic E-state index is 11.9. The van der Waals surface area contributed by atoms with Crippen LogP contribution in [0.1, 0.15) is 46.2 Å². The molecule has 1 heterocycles. The maximum Gasteiger partial charge on any atom is 0.230 e. The Morgan fingerprint density at radius 3 is 2.58 bits per heavy atom. The van der Waals surface area contributed by atoms with Crippen molar-refractivity contribution in [3.63, 3.8) is 0 Å². The molecule has 1 N–H and O–H groups in total. The normalized spacial score (nSPS) is 11.6. The summed E-state index contributed by atoms with van der Waals surface area (Å²) in [6.07, 6.45) is 1.68. The minimum atomic E-state index is -0.0417. The predicted molar refractivity (Wildman–Crippen MR) is 105 cm³/mol. The van der Waals surface area contributed by atoms with E-state index in [1.807, 2.05) is 16.7 Å². The zero-order valence-electron chi connectivity index (χ0n) is 16.2. The number of ether oxygens (including phenoxy) is 1. The van der Waals surface area contributed by atoms with Crippen LogP contribution in [0.3, 0.4) is 0 Å². The SMILES string of the molecule is CC(C)n1cnnc1SCC(=O)NCCOc1ccc(C(C)(C)C)cc1. The van der Waals surface area contributed by atoms with Gasteiger partial charge in [0.2, 0.25) is 5.91 Å². The summed E-state index contributed by atoms with van der Waals surface area (Å²) < 4.78 is 7.62. The first-order valence-electron chi connectivity index (χ1n) is 8.79. The summed E-state index contributed by atoms with van der Waals surface area (Å²) in [5.74, 6) is 1.08. The van der Waals surface area contributed by atoms with Crippen LogP contribution in [-0.2, 0) is 10.2 Å². The molecule has 142 valence electrons. The lowest BCUT2D eigenvalue weighted by molar-refractivity contribution is -0.118. The molecule has 0 aliphatic heterocycles. The van der Waals surface area contributed by atoms with E-state index in [1.54, 1.807) is 6.33 Å². The molecule has 7 heteroatoms. The first-order valence-corrected chi connectivity index (χ1v) is 9.78. The van der Waals surface area contributed by atoms with Gasteiger partial charge in [-0.1, -0.05) is 44.7 Å². The molecule has 0 saturated heterocycles. The van der Waals surface area contributed by atoms with Crippen molar-refractivity contribution in [2.24, 2.45) is 0 Å². The number of hydrogen-bond donors (Lipinski definition) is 1. The lowest BCUT2D eigenvalue weighted by Gasteiger charge is -2.19. The maximum absolute atomic E-state index is 11.9. The molecule has 0 unspecified atom stereocenters. The van der Waals surface area contributed by atoms with E-state index < -0.39 is 0 Å². The Morgan fingerprint density at radius 2 is 1.96 bits per heavy atom. The second-order valence-electron chi connectivity index (χ2n) is 7.38. The number of thioether (sulfide) groups is 1. The number of amides is 1. The summed E-state index contributed by atoms with van der Waals surface area (Å²) in [6.45, 7) is 11.6. The molecular formula is C19H28N4O2S. The van der Waals surface area contributed by atoms with Crippen LogP contribution >= 0.6 is 11.8 Å². The zero-order valence-corrected chi connectivity index (χ0v) is 17.0. The fourth-order valence-corrected chi connectivity index (χ4v) is 3.16. The van der Waals surface area contributed by atoms with E-state index >= 15 is 0 Å². The van der Waals surface area contributed by atoms with Gasteiger partial charge in [0.25, 0.3) is 0 Å². The lowest BCUT2D eigenvalue weighted by atomic mass is 9.87. The minimum absolute atomic E-state index is 0.0417. The Hall–Kier alpha value is -2.02. The molecule has 1 aromatic carbocycles. The highest BCUT2D eigenvalue weighted by Gasteiger charge is 2.13. The van der Waals surface area contributed by atoms with Crippen LogP contribution in [0.4, 0.5) is 0 Å². The van der Waals surface area contributed by atoms with E-state index in [1.165, 1.54) is 17.3 Å². The quantitative estimate of drug-likeness (QED) is 0.564. The molecule has 0 spiro atoms. The average molecular weight is 377 g/mol. The fraction of sp³-hybridized carbons (Fsp3) is 0.526. The third-order valence-electron chi connectivity index (χ3n) is 3.84. The summed E-state index contributed by atoms with van der Waals surface area (Å²) >= 11 is 1.38. The van der Waals surface area contributed by atoms with Crippen LogP contribution in [0, 0.1) is 0 Å². The van der Waals surface area contributed by atoms with E-state index in [2.05, 4.69) is 62.3 Å². The van der Waals surface area contributed by atoms with E-state index in [-0.39, 0.29) is 17.4 Å². The molecule has 2 rings (SSSR count). The van der Waals surface area contributed by atoms with Crippen molar-refractivity contribution in [3.05, 3.63) is 36.2 Å². The fourth-order valence-electron chi connectivity index (χ4n) is 2.28. The Balaban J connectivity index is 1.68. The third kappa shape index (κ3) is 6.05. The molecule has 2 aromatic rings. The van der Waals surface area contributed by atoms with Crippen LogP contribution in [0.2, 0.25) is 0 Å². The molecule has 6 nitrogen and oxygen atoms in total. The van der Waals surface area contributed by atoms with Crippen molar-refractivity contribution in [1.29, 1.82) is 0 Å². The van der Waals surface area contributed by atoms with Crippen molar-refractivity contribution in [2.75, 3.05) is 18.9 Å². The van der Waals surface area contributed by atoms with Crippen LogP contribution < -0.4 is 10.1 Å². The van der Waals surface area contributed by atoms with Crippen molar-refractivity contribution >= 4 is 17.7 Å². The highest BCUT2D eigenvalue weighted by atomic mass is 32.2. The van der Waals surface area contributed by atoms with Gasteiger partial charge in [-0.3, -0.25) is 4.79 Å². The van der Waals surface area contributed by atoms with Crippen molar-refractivity contribution in [1.82, 2.24) is 20.1 Å². The van der Waals surface area contributed by atoms with Gasteiger partial charge in [0.1, 0.15) is 18.7 Å². The van der Waals surface area contributed by atoms with E-state index in [0.29, 0.717) is 18.9 Å². The van der Waals surface area contributed by atoms with Gasteiger partial charge in [0.15, 0.2) is 5.16 Å². The molecule has 0 aliphatic rings. The molecule has 0 atom stereocenters. The molecule has 1 amide bonds. The zero-order chi connectivity index (χ0) is 19.2. The topological polar surface area (TPSA) is 69.0 Å². The number of nitrogens with one attached hydrogen (secondary N) is 1. The van der Waals surface area contributed by atoms with E-state index in [4.69, 9.17) is 4.74 Å². The molecule has 26 heavy (non-hydrogen) atoms. The molecule has 0 fully saturated rings. The average Bonchev–Trinajstić information content (AvgIpc) is 3.05. The number of rotatable bonds is 8. The van der Waals surface area contributed by atoms with E-state index in [9.17, 15) is 4.79 Å². The third-order valence-corrected chi connectivity index (χ3v) is 4.80. The van der Waals surface area contributed by atoms with Crippen molar-refractivity contribution < 1.29 is 9.53 Å². The summed E-state index contributed by atoms with van der Waals surface area (Å²) in [4.78, 5) is 11.9. The molecular weight excluding hydrogens is 348 g/mol. The standard InChI is InChI=1S/C19H28N4O2S/c1-14(2)23-13-21-22-18(23)26-12-17(24)20-10-11-25-16-8-6-15(7-9-16)19(3,4)5/h6-9,13-14H,10-12H2,1-5H3,(H,20,24). The van der Waals surface area contributed by atoms with Gasteiger partial charge in [-0.25, -0.2) is 0 Å². The van der Waals surface area contributed by atoms with Crippen LogP contribution in [-0.4, -0.2) is 39.6 Å². The number of carbonyl (C=O) groups is 1. The van der Waals surface area contributed by atoms with Crippen molar-refractivity contribution in [3.8, 4) is 5.75 Å². The van der Waals surface area contributed by atoms with E-state index in [0.717, 1.165) is 10.9 Å².